The van der Waals surface area contributed by atoms with Crippen molar-refractivity contribution in [3.8, 4) is 22.2 Å². The van der Waals surface area contributed by atoms with E-state index in [4.69, 9.17) is 9.52 Å². The Morgan fingerprint density at radius 3 is 2.50 bits per heavy atom. The van der Waals surface area contributed by atoms with E-state index in [1.165, 1.54) is 4.88 Å². The summed E-state index contributed by atoms with van der Waals surface area (Å²) in [6.07, 6.45) is 1.55. The van der Waals surface area contributed by atoms with Crippen LogP contribution in [-0.2, 0) is 17.6 Å². The normalized spacial score (nSPS) is 12.3. The maximum atomic E-state index is 11.1. The van der Waals surface area contributed by atoms with Crippen molar-refractivity contribution in [2.24, 2.45) is 5.92 Å². The predicted octanol–water partition coefficient (Wildman–Crippen LogP) is 3.68. The molecule has 7 nitrogen and oxygen atoms in total. The van der Waals surface area contributed by atoms with E-state index in [0.29, 0.717) is 30.5 Å². The van der Waals surface area contributed by atoms with E-state index in [2.05, 4.69) is 35.4 Å². The molecule has 0 radical (unpaired) electrons. The highest BCUT2D eigenvalue weighted by Gasteiger charge is 2.16. The lowest BCUT2D eigenvalue weighted by atomic mass is 9.94. The Bertz CT molecular complexity index is 1030. The lowest BCUT2D eigenvalue weighted by Crippen LogP contribution is -2.34. The fourth-order valence-corrected chi connectivity index (χ4v) is 4.80. The molecule has 3 aromatic rings. The third kappa shape index (κ3) is 6.25. The molecule has 0 bridgehead atoms. The van der Waals surface area contributed by atoms with Crippen LogP contribution in [0, 0.1) is 19.8 Å². The molecule has 0 saturated heterocycles. The van der Waals surface area contributed by atoms with Gasteiger partial charge in [-0.2, -0.15) is 0 Å². The topological polar surface area (TPSA) is 108 Å². The highest BCUT2D eigenvalue weighted by atomic mass is 32.1. The number of nitrogens with zero attached hydrogens (tertiary/aromatic N) is 2. The minimum atomic E-state index is -0.672. The number of aryl methyl sites for hydroxylation is 2. The number of benzene rings is 1. The van der Waals surface area contributed by atoms with Crippen LogP contribution in [0.5, 0.6) is 0 Å². The summed E-state index contributed by atoms with van der Waals surface area (Å²) in [7, 11) is 0. The van der Waals surface area contributed by atoms with Crippen molar-refractivity contribution in [2.45, 2.75) is 53.1 Å². The lowest BCUT2D eigenvalue weighted by Gasteiger charge is -2.15. The van der Waals surface area contributed by atoms with E-state index < -0.39 is 18.6 Å². The molecule has 8 heteroatoms. The molecule has 172 valence electrons. The maximum absolute atomic E-state index is 11.1. The number of hydrogen-bond donors (Lipinski definition) is 3. The minimum Gasteiger partial charge on any atom is -0.415 e. The van der Waals surface area contributed by atoms with E-state index in [9.17, 15) is 9.90 Å². The Morgan fingerprint density at radius 1 is 1.16 bits per heavy atom. The largest absolute Gasteiger partial charge is 0.415 e. The van der Waals surface area contributed by atoms with Crippen LogP contribution < -0.4 is 5.32 Å². The molecule has 0 fully saturated rings. The molecule has 0 aliphatic heterocycles. The van der Waals surface area contributed by atoms with Gasteiger partial charge in [-0.3, -0.25) is 4.79 Å². The van der Waals surface area contributed by atoms with Crippen molar-refractivity contribution in [1.29, 1.82) is 0 Å². The molecule has 1 aromatic carbocycles. The lowest BCUT2D eigenvalue weighted by molar-refractivity contribution is -0.124. The number of aliphatic hydroxyl groups is 2. The van der Waals surface area contributed by atoms with Gasteiger partial charge in [0.2, 0.25) is 11.8 Å². The summed E-state index contributed by atoms with van der Waals surface area (Å²) >= 11 is 1.69. The average molecular weight is 458 g/mol. The number of hydrogen-bond acceptors (Lipinski definition) is 7. The molecule has 2 heterocycles. The van der Waals surface area contributed by atoms with Gasteiger partial charge in [-0.15, -0.1) is 21.5 Å². The molecule has 32 heavy (non-hydrogen) atoms. The van der Waals surface area contributed by atoms with Crippen LogP contribution >= 0.6 is 11.3 Å². The van der Waals surface area contributed by atoms with E-state index in [0.717, 1.165) is 33.6 Å². The Hall–Kier alpha value is -2.55. The van der Waals surface area contributed by atoms with Gasteiger partial charge < -0.3 is 19.9 Å². The molecule has 1 atom stereocenters. The predicted molar refractivity (Wildman–Crippen MR) is 125 cm³/mol. The van der Waals surface area contributed by atoms with Gasteiger partial charge in [0, 0.05) is 17.0 Å². The molecule has 2 aromatic heterocycles. The Balaban J connectivity index is 1.68. The molecular formula is C24H31N3O4S. The maximum Gasteiger partial charge on any atom is 0.258 e. The van der Waals surface area contributed by atoms with Gasteiger partial charge in [0.25, 0.3) is 5.89 Å². The van der Waals surface area contributed by atoms with Gasteiger partial charge in [0.05, 0.1) is 11.0 Å². The molecule has 0 unspecified atom stereocenters. The van der Waals surface area contributed by atoms with Crippen LogP contribution in [0.2, 0.25) is 0 Å². The number of thiophene rings is 1. The highest BCUT2D eigenvalue weighted by molar-refractivity contribution is 7.15. The zero-order valence-corrected chi connectivity index (χ0v) is 19.8. The van der Waals surface area contributed by atoms with Crippen molar-refractivity contribution >= 4 is 17.2 Å². The molecule has 3 rings (SSSR count). The van der Waals surface area contributed by atoms with Crippen molar-refractivity contribution in [1.82, 2.24) is 15.5 Å². The number of aliphatic hydroxyl groups excluding tert-OH is 2. The third-order valence-corrected chi connectivity index (χ3v) is 6.35. The van der Waals surface area contributed by atoms with Crippen LogP contribution in [0.25, 0.3) is 22.2 Å². The molecule has 0 aliphatic rings. The van der Waals surface area contributed by atoms with Crippen LogP contribution in [0.4, 0.5) is 0 Å². The number of carbonyl (C=O) groups is 1. The third-order valence-electron chi connectivity index (χ3n) is 5.26. The smallest absolute Gasteiger partial charge is 0.258 e. The Labute approximate surface area is 192 Å². The summed E-state index contributed by atoms with van der Waals surface area (Å²) in [5, 5.41) is 29.8. The zero-order chi connectivity index (χ0) is 23.3. The van der Waals surface area contributed by atoms with E-state index in [1.807, 2.05) is 32.0 Å². The average Bonchev–Trinajstić information content (AvgIpc) is 3.40. The monoisotopic (exact) mass is 457 g/mol. The summed E-state index contributed by atoms with van der Waals surface area (Å²) in [5.74, 6) is 1.14. The van der Waals surface area contributed by atoms with Gasteiger partial charge in [-0.05, 0) is 80.0 Å². The first kappa shape index (κ1) is 24.1. The van der Waals surface area contributed by atoms with Gasteiger partial charge in [-0.25, -0.2) is 0 Å². The molecule has 0 saturated carbocycles. The van der Waals surface area contributed by atoms with Gasteiger partial charge in [-0.1, -0.05) is 13.8 Å². The van der Waals surface area contributed by atoms with Crippen LogP contribution in [0.1, 0.15) is 41.8 Å². The second-order valence-electron chi connectivity index (χ2n) is 8.52. The summed E-state index contributed by atoms with van der Waals surface area (Å²) in [5.41, 5.74) is 4.19. The number of carbonyl (C=O) groups excluding carboxylic acids is 1. The van der Waals surface area contributed by atoms with Crippen molar-refractivity contribution in [3.63, 3.8) is 0 Å². The molecular weight excluding hydrogens is 426 g/mol. The van der Waals surface area contributed by atoms with Crippen LogP contribution in [-0.4, -0.2) is 45.6 Å². The fourth-order valence-electron chi connectivity index (χ4n) is 3.66. The molecule has 0 aliphatic carbocycles. The van der Waals surface area contributed by atoms with Crippen molar-refractivity contribution < 1.29 is 19.4 Å². The second kappa shape index (κ2) is 10.8. The van der Waals surface area contributed by atoms with Crippen LogP contribution in [0.15, 0.2) is 28.7 Å². The summed E-state index contributed by atoms with van der Waals surface area (Å²) in [6.45, 7) is 8.01. The number of rotatable bonds is 10. The molecule has 3 N–H and O–H groups in total. The van der Waals surface area contributed by atoms with E-state index in [1.54, 1.807) is 11.3 Å². The Morgan fingerprint density at radius 2 is 1.84 bits per heavy atom. The first-order valence-corrected chi connectivity index (χ1v) is 11.7. The Kier molecular flexibility index (Phi) is 8.17. The summed E-state index contributed by atoms with van der Waals surface area (Å²) < 4.78 is 5.97. The number of amides is 1. The van der Waals surface area contributed by atoms with Gasteiger partial charge >= 0.3 is 0 Å². The van der Waals surface area contributed by atoms with Crippen LogP contribution in [0.3, 0.4) is 0 Å². The number of nitrogens with one attached hydrogen (secondary N) is 1. The summed E-state index contributed by atoms with van der Waals surface area (Å²) in [4.78, 5) is 13.4. The van der Waals surface area contributed by atoms with E-state index >= 15 is 0 Å². The van der Waals surface area contributed by atoms with Gasteiger partial charge in [0.15, 0.2) is 0 Å². The molecule has 1 amide bonds. The highest BCUT2D eigenvalue weighted by Crippen LogP contribution is 2.32. The first-order valence-electron chi connectivity index (χ1n) is 10.9. The van der Waals surface area contributed by atoms with Crippen molar-refractivity contribution in [2.75, 3.05) is 13.2 Å². The first-order chi connectivity index (χ1) is 15.3. The van der Waals surface area contributed by atoms with Crippen molar-refractivity contribution in [3.05, 3.63) is 45.8 Å². The second-order valence-corrected chi connectivity index (χ2v) is 9.69. The zero-order valence-electron chi connectivity index (χ0n) is 19.0. The minimum absolute atomic E-state index is 0.127. The molecule has 0 spiro atoms. The quantitative estimate of drug-likeness (QED) is 0.429. The fraction of sp³-hybridized carbons (Fsp3) is 0.458. The van der Waals surface area contributed by atoms with Gasteiger partial charge in [0.1, 0.15) is 6.61 Å². The SMILES string of the molecule is Cc1cc(-c2nnc(-c3ccc(CC(C)C)s3)o2)cc(C)c1CC[C@H](O)CNC(=O)CO. The summed E-state index contributed by atoms with van der Waals surface area (Å²) in [6, 6.07) is 8.21. The number of aromatic nitrogens is 2. The standard InChI is InChI=1S/C24H31N3O4S/c1-14(2)9-19-6-8-21(32-19)24-27-26-23(31-24)17-10-15(3)20(16(4)11-17)7-5-18(29)12-25-22(30)13-28/h6,8,10-11,14,18,28-29H,5,7,9,12-13H2,1-4H3,(H,25,30)/t18-/m0/s1. The van der Waals surface area contributed by atoms with E-state index in [-0.39, 0.29) is 6.54 Å².